The molecule has 0 spiro atoms. The maximum absolute atomic E-state index is 9.26. The van der Waals surface area contributed by atoms with Gasteiger partial charge in [0.2, 0.25) is 0 Å². The molecule has 2 nitrogen and oxygen atoms in total. The topological polar surface area (TPSA) is 32.3 Å². The maximum Gasteiger partial charge on any atom is 0.115 e. The zero-order valence-corrected chi connectivity index (χ0v) is 10.5. The molecule has 0 saturated carbocycles. The van der Waals surface area contributed by atoms with E-state index < -0.39 is 0 Å². The molecule has 2 N–H and O–H groups in total. The van der Waals surface area contributed by atoms with Crippen molar-refractivity contribution in [1.29, 1.82) is 0 Å². The van der Waals surface area contributed by atoms with Crippen LogP contribution in [0, 0.1) is 0 Å². The number of hydrogen-bond donors (Lipinski definition) is 2. The summed E-state index contributed by atoms with van der Waals surface area (Å²) in [5.74, 6) is 0.300. The molecule has 0 aliphatic heterocycles. The number of phenolic OH excluding ortho intramolecular Hbond substituents is 1. The van der Waals surface area contributed by atoms with E-state index in [0.717, 1.165) is 17.8 Å². The van der Waals surface area contributed by atoms with Gasteiger partial charge in [-0.2, -0.15) is 0 Å². The first kappa shape index (κ1) is 11.6. The van der Waals surface area contributed by atoms with E-state index in [9.17, 15) is 5.11 Å². The quantitative estimate of drug-likeness (QED) is 0.730. The molecule has 19 heavy (non-hydrogen) atoms. The smallest absolute Gasteiger partial charge is 0.115 e. The second-order valence-corrected chi connectivity index (χ2v) is 4.55. The summed E-state index contributed by atoms with van der Waals surface area (Å²) in [5, 5.41) is 15.2. The number of aromatic hydroxyl groups is 1. The first-order valence-corrected chi connectivity index (χ1v) is 6.32. The summed E-state index contributed by atoms with van der Waals surface area (Å²) in [5.41, 5.74) is 2.27. The predicted octanol–water partition coefficient (Wildman–Crippen LogP) is 4.16. The fourth-order valence-electron chi connectivity index (χ4n) is 2.19. The number of benzene rings is 3. The molecule has 3 rings (SSSR count). The molecule has 0 aliphatic carbocycles. The molecular weight excluding hydrogens is 234 g/mol. The van der Waals surface area contributed by atoms with Gasteiger partial charge in [-0.3, -0.25) is 0 Å². The molecule has 94 valence electrons. The Kier molecular flexibility index (Phi) is 3.07. The van der Waals surface area contributed by atoms with Gasteiger partial charge in [-0.25, -0.2) is 0 Å². The van der Waals surface area contributed by atoms with E-state index >= 15 is 0 Å². The van der Waals surface area contributed by atoms with Crippen molar-refractivity contribution in [1.82, 2.24) is 0 Å². The van der Waals surface area contributed by atoms with Gasteiger partial charge in [0, 0.05) is 17.6 Å². The Balaban J connectivity index is 1.84. The SMILES string of the molecule is Oc1ccc(CNc2cccc3ccccc23)cc1. The Bertz CT molecular complexity index is 684. The lowest BCUT2D eigenvalue weighted by atomic mass is 10.1. The largest absolute Gasteiger partial charge is 0.508 e. The molecule has 0 bridgehead atoms. The molecule has 0 atom stereocenters. The Labute approximate surface area is 112 Å². The Morgan fingerprint density at radius 2 is 1.53 bits per heavy atom. The van der Waals surface area contributed by atoms with Crippen molar-refractivity contribution in [2.45, 2.75) is 6.54 Å². The van der Waals surface area contributed by atoms with Crippen molar-refractivity contribution in [2.75, 3.05) is 5.32 Å². The minimum absolute atomic E-state index is 0.300. The summed E-state index contributed by atoms with van der Waals surface area (Å²) >= 11 is 0. The summed E-state index contributed by atoms with van der Waals surface area (Å²) in [6.07, 6.45) is 0. The lowest BCUT2D eigenvalue weighted by Gasteiger charge is -2.10. The molecular formula is C17H15NO. The molecule has 0 aromatic heterocycles. The van der Waals surface area contributed by atoms with Crippen molar-refractivity contribution in [3.63, 3.8) is 0 Å². The predicted molar refractivity (Wildman–Crippen MR) is 79.4 cm³/mol. The van der Waals surface area contributed by atoms with Crippen LogP contribution in [0.4, 0.5) is 5.69 Å². The van der Waals surface area contributed by atoms with Gasteiger partial charge < -0.3 is 10.4 Å². The van der Waals surface area contributed by atoms with Crippen LogP contribution >= 0.6 is 0 Å². The van der Waals surface area contributed by atoms with Gasteiger partial charge in [0.25, 0.3) is 0 Å². The second kappa shape index (κ2) is 5.02. The van der Waals surface area contributed by atoms with Crippen LogP contribution < -0.4 is 5.32 Å². The number of rotatable bonds is 3. The minimum Gasteiger partial charge on any atom is -0.508 e. The number of phenols is 1. The molecule has 3 aromatic rings. The summed E-state index contributed by atoms with van der Waals surface area (Å²) in [4.78, 5) is 0. The third-order valence-corrected chi connectivity index (χ3v) is 3.21. The molecule has 0 amide bonds. The third-order valence-electron chi connectivity index (χ3n) is 3.21. The Morgan fingerprint density at radius 1 is 0.789 bits per heavy atom. The first-order valence-electron chi connectivity index (χ1n) is 6.32. The van der Waals surface area contributed by atoms with Gasteiger partial charge >= 0.3 is 0 Å². The lowest BCUT2D eigenvalue weighted by Crippen LogP contribution is -1.99. The Hall–Kier alpha value is -2.48. The van der Waals surface area contributed by atoms with Crippen LogP contribution in [0.1, 0.15) is 5.56 Å². The van der Waals surface area contributed by atoms with Crippen LogP contribution in [0.2, 0.25) is 0 Å². The van der Waals surface area contributed by atoms with Gasteiger partial charge in [0.1, 0.15) is 5.75 Å². The third kappa shape index (κ3) is 2.52. The minimum atomic E-state index is 0.300. The van der Waals surface area contributed by atoms with Crippen molar-refractivity contribution in [2.24, 2.45) is 0 Å². The standard InChI is InChI=1S/C17H15NO/c19-15-10-8-13(9-11-15)12-18-17-7-3-5-14-4-1-2-6-16(14)17/h1-11,18-19H,12H2. The van der Waals surface area contributed by atoms with Crippen molar-refractivity contribution in [3.05, 3.63) is 72.3 Å². The van der Waals surface area contributed by atoms with Gasteiger partial charge in [0.05, 0.1) is 0 Å². The molecule has 0 unspecified atom stereocenters. The molecule has 0 fully saturated rings. The first-order chi connectivity index (χ1) is 9.33. The van der Waals surface area contributed by atoms with E-state index in [-0.39, 0.29) is 0 Å². The van der Waals surface area contributed by atoms with Gasteiger partial charge in [-0.1, -0.05) is 48.5 Å². The van der Waals surface area contributed by atoms with E-state index in [2.05, 4.69) is 35.6 Å². The van der Waals surface area contributed by atoms with Crippen LogP contribution in [0.5, 0.6) is 5.75 Å². The summed E-state index contributed by atoms with van der Waals surface area (Å²) in [6, 6.07) is 21.8. The molecule has 2 heteroatoms. The van der Waals surface area contributed by atoms with Crippen LogP contribution in [-0.2, 0) is 6.54 Å². The van der Waals surface area contributed by atoms with E-state index in [1.54, 1.807) is 12.1 Å². The van der Waals surface area contributed by atoms with Crippen LogP contribution in [-0.4, -0.2) is 5.11 Å². The van der Waals surface area contributed by atoms with Gasteiger partial charge in [-0.05, 0) is 29.1 Å². The van der Waals surface area contributed by atoms with Gasteiger partial charge in [-0.15, -0.1) is 0 Å². The van der Waals surface area contributed by atoms with E-state index in [1.807, 2.05) is 24.3 Å². The number of nitrogens with one attached hydrogen (secondary N) is 1. The lowest BCUT2D eigenvalue weighted by molar-refractivity contribution is 0.475. The maximum atomic E-state index is 9.26. The van der Waals surface area contributed by atoms with E-state index in [4.69, 9.17) is 0 Å². The van der Waals surface area contributed by atoms with Crippen LogP contribution in [0.15, 0.2) is 66.7 Å². The van der Waals surface area contributed by atoms with Gasteiger partial charge in [0.15, 0.2) is 0 Å². The average molecular weight is 249 g/mol. The van der Waals surface area contributed by atoms with Crippen LogP contribution in [0.3, 0.4) is 0 Å². The number of anilines is 1. The van der Waals surface area contributed by atoms with Crippen molar-refractivity contribution in [3.8, 4) is 5.75 Å². The number of fused-ring (bicyclic) bond motifs is 1. The van der Waals surface area contributed by atoms with Crippen LogP contribution in [0.25, 0.3) is 10.8 Å². The normalized spacial score (nSPS) is 10.5. The molecule has 0 radical (unpaired) electrons. The highest BCUT2D eigenvalue weighted by molar-refractivity contribution is 5.93. The van der Waals surface area contributed by atoms with E-state index in [1.165, 1.54) is 10.8 Å². The second-order valence-electron chi connectivity index (χ2n) is 4.55. The summed E-state index contributed by atoms with van der Waals surface area (Å²) in [6.45, 7) is 0.744. The molecule has 0 heterocycles. The average Bonchev–Trinajstić information content (AvgIpc) is 2.47. The summed E-state index contributed by atoms with van der Waals surface area (Å²) in [7, 11) is 0. The zero-order valence-electron chi connectivity index (χ0n) is 10.5. The zero-order chi connectivity index (χ0) is 13.1. The molecule has 3 aromatic carbocycles. The fourth-order valence-corrected chi connectivity index (χ4v) is 2.19. The van der Waals surface area contributed by atoms with Crippen molar-refractivity contribution >= 4 is 16.5 Å². The monoisotopic (exact) mass is 249 g/mol. The van der Waals surface area contributed by atoms with E-state index in [0.29, 0.717) is 5.75 Å². The van der Waals surface area contributed by atoms with Crippen molar-refractivity contribution < 1.29 is 5.11 Å². The Morgan fingerprint density at radius 3 is 2.37 bits per heavy atom. The highest BCUT2D eigenvalue weighted by Gasteiger charge is 1.99. The molecule has 0 saturated heterocycles. The number of hydrogen-bond acceptors (Lipinski definition) is 2. The highest BCUT2D eigenvalue weighted by atomic mass is 16.3. The fraction of sp³-hybridized carbons (Fsp3) is 0.0588. The molecule has 0 aliphatic rings. The summed E-state index contributed by atoms with van der Waals surface area (Å²) < 4.78 is 0. The highest BCUT2D eigenvalue weighted by Crippen LogP contribution is 2.23.